The minimum atomic E-state index is -4.35. The molecule has 0 amide bonds. The molecule has 2 nitrogen and oxygen atoms in total. The standard InChI is InChI=1S/C15H17F3N2/c1-10(20-14-8-4-5-11(14)9-19)12-6-2-3-7-13(12)15(16,17)18/h2-3,6-7,10-11,14,20H,4-5,8H2,1H3. The molecule has 1 aliphatic carbocycles. The Balaban J connectivity index is 2.18. The van der Waals surface area contributed by atoms with Gasteiger partial charge in [-0.1, -0.05) is 24.6 Å². The molecule has 0 bridgehead atoms. The quantitative estimate of drug-likeness (QED) is 0.908. The van der Waals surface area contributed by atoms with E-state index in [1.54, 1.807) is 13.0 Å². The lowest BCUT2D eigenvalue weighted by Crippen LogP contribution is -2.34. The van der Waals surface area contributed by atoms with Crippen LogP contribution in [0.2, 0.25) is 0 Å². The Morgan fingerprint density at radius 3 is 2.65 bits per heavy atom. The summed E-state index contributed by atoms with van der Waals surface area (Å²) in [5, 5.41) is 12.2. The van der Waals surface area contributed by atoms with Crippen molar-refractivity contribution >= 4 is 0 Å². The number of hydrogen-bond donors (Lipinski definition) is 1. The molecule has 0 heterocycles. The molecular weight excluding hydrogens is 265 g/mol. The van der Waals surface area contributed by atoms with Gasteiger partial charge in [-0.15, -0.1) is 0 Å². The summed E-state index contributed by atoms with van der Waals surface area (Å²) in [4.78, 5) is 0. The number of alkyl halides is 3. The molecule has 20 heavy (non-hydrogen) atoms. The maximum atomic E-state index is 13.0. The fourth-order valence-electron chi connectivity index (χ4n) is 2.86. The zero-order valence-corrected chi connectivity index (χ0v) is 11.2. The van der Waals surface area contributed by atoms with Gasteiger partial charge in [0.1, 0.15) is 0 Å². The summed E-state index contributed by atoms with van der Waals surface area (Å²) >= 11 is 0. The highest BCUT2D eigenvalue weighted by atomic mass is 19.4. The topological polar surface area (TPSA) is 35.8 Å². The zero-order chi connectivity index (χ0) is 14.8. The lowest BCUT2D eigenvalue weighted by Gasteiger charge is -2.24. The van der Waals surface area contributed by atoms with Crippen molar-refractivity contribution in [2.24, 2.45) is 5.92 Å². The van der Waals surface area contributed by atoms with Crippen molar-refractivity contribution in [3.63, 3.8) is 0 Å². The Morgan fingerprint density at radius 1 is 1.30 bits per heavy atom. The molecule has 2 rings (SSSR count). The van der Waals surface area contributed by atoms with Crippen LogP contribution in [0.4, 0.5) is 13.2 Å². The second kappa shape index (κ2) is 5.84. The van der Waals surface area contributed by atoms with E-state index in [-0.39, 0.29) is 17.5 Å². The normalized spacial score (nSPS) is 24.4. The van der Waals surface area contributed by atoms with Crippen LogP contribution < -0.4 is 5.32 Å². The lowest BCUT2D eigenvalue weighted by atomic mass is 9.98. The van der Waals surface area contributed by atoms with Crippen LogP contribution in [-0.4, -0.2) is 6.04 Å². The van der Waals surface area contributed by atoms with E-state index in [0.29, 0.717) is 0 Å². The van der Waals surface area contributed by atoms with Crippen LogP contribution in [0.3, 0.4) is 0 Å². The molecule has 1 saturated carbocycles. The Kier molecular flexibility index (Phi) is 4.34. The van der Waals surface area contributed by atoms with Crippen LogP contribution in [0.15, 0.2) is 24.3 Å². The third-order valence-corrected chi connectivity index (χ3v) is 3.88. The highest BCUT2D eigenvalue weighted by Crippen LogP contribution is 2.35. The summed E-state index contributed by atoms with van der Waals surface area (Å²) < 4.78 is 39.0. The smallest absolute Gasteiger partial charge is 0.306 e. The van der Waals surface area contributed by atoms with Crippen molar-refractivity contribution in [2.75, 3.05) is 0 Å². The fourth-order valence-corrected chi connectivity index (χ4v) is 2.86. The van der Waals surface area contributed by atoms with Crippen molar-refractivity contribution in [1.29, 1.82) is 5.26 Å². The van der Waals surface area contributed by atoms with Crippen molar-refractivity contribution in [3.05, 3.63) is 35.4 Å². The van der Waals surface area contributed by atoms with Crippen LogP contribution in [0.1, 0.15) is 43.4 Å². The number of halogens is 3. The first-order valence-corrected chi connectivity index (χ1v) is 6.75. The maximum absolute atomic E-state index is 13.0. The molecule has 108 valence electrons. The third-order valence-electron chi connectivity index (χ3n) is 3.88. The number of hydrogen-bond acceptors (Lipinski definition) is 2. The van der Waals surface area contributed by atoms with Gasteiger partial charge in [0, 0.05) is 12.1 Å². The molecule has 0 aliphatic heterocycles. The van der Waals surface area contributed by atoms with E-state index in [2.05, 4.69) is 11.4 Å². The minimum absolute atomic E-state index is 0.0173. The Morgan fingerprint density at radius 2 is 2.00 bits per heavy atom. The van der Waals surface area contributed by atoms with Crippen molar-refractivity contribution in [3.8, 4) is 6.07 Å². The first-order chi connectivity index (χ1) is 9.43. The van der Waals surface area contributed by atoms with E-state index in [4.69, 9.17) is 5.26 Å². The first-order valence-electron chi connectivity index (χ1n) is 6.75. The van der Waals surface area contributed by atoms with Gasteiger partial charge in [-0.3, -0.25) is 0 Å². The maximum Gasteiger partial charge on any atom is 0.416 e. The zero-order valence-electron chi connectivity index (χ0n) is 11.2. The summed E-state index contributed by atoms with van der Waals surface area (Å²) in [7, 11) is 0. The Hall–Kier alpha value is -1.54. The van der Waals surface area contributed by atoms with Gasteiger partial charge in [-0.05, 0) is 31.4 Å². The molecule has 3 atom stereocenters. The predicted molar refractivity (Wildman–Crippen MR) is 69.7 cm³/mol. The fraction of sp³-hybridized carbons (Fsp3) is 0.533. The van der Waals surface area contributed by atoms with E-state index in [1.807, 2.05) is 0 Å². The highest BCUT2D eigenvalue weighted by molar-refractivity contribution is 5.32. The van der Waals surface area contributed by atoms with Crippen molar-refractivity contribution in [1.82, 2.24) is 5.32 Å². The van der Waals surface area contributed by atoms with Crippen LogP contribution in [0.25, 0.3) is 0 Å². The first kappa shape index (κ1) is 14.9. The molecular formula is C15H17F3N2. The van der Waals surface area contributed by atoms with Crippen LogP contribution in [0.5, 0.6) is 0 Å². The highest BCUT2D eigenvalue weighted by Gasteiger charge is 2.35. The Labute approximate surface area is 116 Å². The minimum Gasteiger partial charge on any atom is -0.306 e. The summed E-state index contributed by atoms with van der Waals surface area (Å²) in [6.07, 6.45) is -1.74. The monoisotopic (exact) mass is 282 g/mol. The van der Waals surface area contributed by atoms with Gasteiger partial charge in [0.05, 0.1) is 17.6 Å². The largest absolute Gasteiger partial charge is 0.416 e. The Bertz CT molecular complexity index is 505. The summed E-state index contributed by atoms with van der Waals surface area (Å²) in [6, 6.07) is 7.39. The number of nitriles is 1. The second-order valence-electron chi connectivity index (χ2n) is 5.25. The van der Waals surface area contributed by atoms with Gasteiger partial charge in [0.15, 0.2) is 0 Å². The number of nitrogens with one attached hydrogen (secondary N) is 1. The molecule has 3 unspecified atom stereocenters. The molecule has 1 fully saturated rings. The number of rotatable bonds is 3. The van der Waals surface area contributed by atoms with E-state index in [1.165, 1.54) is 12.1 Å². The third kappa shape index (κ3) is 3.13. The van der Waals surface area contributed by atoms with Crippen molar-refractivity contribution in [2.45, 2.75) is 44.4 Å². The van der Waals surface area contributed by atoms with Gasteiger partial charge in [-0.2, -0.15) is 18.4 Å². The van der Waals surface area contributed by atoms with Crippen LogP contribution in [-0.2, 0) is 6.18 Å². The SMILES string of the molecule is CC(NC1CCCC1C#N)c1ccccc1C(F)(F)F. The molecule has 5 heteroatoms. The van der Waals surface area contributed by atoms with Crippen molar-refractivity contribution < 1.29 is 13.2 Å². The molecule has 0 radical (unpaired) electrons. The molecule has 1 N–H and O–H groups in total. The predicted octanol–water partition coefficient (Wildman–Crippen LogP) is 4.05. The summed E-state index contributed by atoms with van der Waals surface area (Å²) in [5.41, 5.74) is -0.366. The van der Waals surface area contributed by atoms with E-state index < -0.39 is 17.8 Å². The molecule has 1 aliphatic rings. The van der Waals surface area contributed by atoms with Gasteiger partial charge in [0.25, 0.3) is 0 Å². The van der Waals surface area contributed by atoms with E-state index in [0.717, 1.165) is 25.3 Å². The second-order valence-corrected chi connectivity index (χ2v) is 5.25. The van der Waals surface area contributed by atoms with Crippen LogP contribution in [0, 0.1) is 17.2 Å². The molecule has 1 aromatic carbocycles. The van der Waals surface area contributed by atoms with Gasteiger partial charge >= 0.3 is 6.18 Å². The molecule has 0 spiro atoms. The van der Waals surface area contributed by atoms with Gasteiger partial charge in [-0.25, -0.2) is 0 Å². The van der Waals surface area contributed by atoms with E-state index in [9.17, 15) is 13.2 Å². The average molecular weight is 282 g/mol. The molecule has 0 saturated heterocycles. The lowest BCUT2D eigenvalue weighted by molar-refractivity contribution is -0.138. The average Bonchev–Trinajstić information content (AvgIpc) is 2.85. The molecule has 1 aromatic rings. The number of benzene rings is 1. The number of nitrogens with zero attached hydrogens (tertiary/aromatic N) is 1. The van der Waals surface area contributed by atoms with Crippen LogP contribution >= 0.6 is 0 Å². The van der Waals surface area contributed by atoms with Gasteiger partial charge in [0.2, 0.25) is 0 Å². The van der Waals surface area contributed by atoms with E-state index >= 15 is 0 Å². The molecule has 0 aromatic heterocycles. The summed E-state index contributed by atoms with van der Waals surface area (Å²) in [6.45, 7) is 1.72. The summed E-state index contributed by atoms with van der Waals surface area (Å²) in [5.74, 6) is -0.101. The van der Waals surface area contributed by atoms with Gasteiger partial charge < -0.3 is 5.32 Å².